The number of nitrogens with one attached hydrogen (secondary N) is 1. The van der Waals surface area contributed by atoms with Gasteiger partial charge in [0.25, 0.3) is 0 Å². The highest BCUT2D eigenvalue weighted by Crippen LogP contribution is 2.27. The van der Waals surface area contributed by atoms with Gasteiger partial charge in [-0.3, -0.25) is 0 Å². The maximum Gasteiger partial charge on any atom is 0.339 e. The quantitative estimate of drug-likeness (QED) is 0.345. The number of esters is 1. The van der Waals surface area contributed by atoms with Crippen LogP contribution in [0.1, 0.15) is 30.1 Å². The van der Waals surface area contributed by atoms with E-state index >= 15 is 0 Å². The smallest absolute Gasteiger partial charge is 0.339 e. The SMILES string of the molecule is CCOC(=O)c1ccc(N(CC(O)COc2cccc(N)c2N)C2CCNCC2)nc1. The molecule has 9 heteroatoms. The van der Waals surface area contributed by atoms with E-state index in [2.05, 4.69) is 15.2 Å². The zero-order valence-electron chi connectivity index (χ0n) is 17.8. The Kier molecular flexibility index (Phi) is 7.91. The Bertz CT molecular complexity index is 855. The summed E-state index contributed by atoms with van der Waals surface area (Å²) in [6.45, 7) is 4.27. The van der Waals surface area contributed by atoms with Crippen molar-refractivity contribution in [2.45, 2.75) is 31.9 Å². The number of aromatic nitrogens is 1. The minimum atomic E-state index is -0.776. The monoisotopic (exact) mass is 429 g/mol. The van der Waals surface area contributed by atoms with E-state index in [9.17, 15) is 9.90 Å². The van der Waals surface area contributed by atoms with Crippen LogP contribution in [0.5, 0.6) is 5.75 Å². The Morgan fingerprint density at radius 3 is 2.74 bits per heavy atom. The van der Waals surface area contributed by atoms with Gasteiger partial charge in [0.1, 0.15) is 24.3 Å². The van der Waals surface area contributed by atoms with Crippen LogP contribution in [-0.4, -0.2) is 61.1 Å². The number of para-hydroxylation sites is 1. The molecule has 1 fully saturated rings. The van der Waals surface area contributed by atoms with Crippen molar-refractivity contribution in [3.8, 4) is 5.75 Å². The number of nitrogens with two attached hydrogens (primary N) is 2. The molecule has 1 aromatic heterocycles. The van der Waals surface area contributed by atoms with E-state index in [0.717, 1.165) is 25.9 Å². The standard InChI is InChI=1S/C22H31N5O4/c1-2-30-22(29)15-6-7-20(26-12-15)27(16-8-10-25-11-9-16)13-17(28)14-31-19-5-3-4-18(23)21(19)24/h3-7,12,16-17,25,28H,2,8-11,13-14,23-24H2,1H3. The van der Waals surface area contributed by atoms with E-state index in [4.69, 9.17) is 20.9 Å². The summed E-state index contributed by atoms with van der Waals surface area (Å²) in [7, 11) is 0. The van der Waals surface area contributed by atoms with Crippen LogP contribution < -0.4 is 26.4 Å². The molecule has 6 N–H and O–H groups in total. The number of piperidine rings is 1. The minimum absolute atomic E-state index is 0.0655. The van der Waals surface area contributed by atoms with Gasteiger partial charge in [-0.15, -0.1) is 0 Å². The zero-order chi connectivity index (χ0) is 22.2. The second-order valence-corrected chi connectivity index (χ2v) is 7.48. The van der Waals surface area contributed by atoms with Gasteiger partial charge in [0.05, 0.1) is 23.5 Å². The lowest BCUT2D eigenvalue weighted by molar-refractivity contribution is 0.0526. The fourth-order valence-corrected chi connectivity index (χ4v) is 3.59. The number of ether oxygens (including phenoxy) is 2. The Morgan fingerprint density at radius 2 is 2.06 bits per heavy atom. The maximum atomic E-state index is 11.9. The van der Waals surface area contributed by atoms with Gasteiger partial charge in [-0.05, 0) is 57.1 Å². The highest BCUT2D eigenvalue weighted by Gasteiger charge is 2.25. The van der Waals surface area contributed by atoms with Gasteiger partial charge in [0, 0.05) is 18.8 Å². The molecule has 1 unspecified atom stereocenters. The number of nitrogen functional groups attached to an aromatic ring is 2. The van der Waals surface area contributed by atoms with Crippen molar-refractivity contribution in [3.63, 3.8) is 0 Å². The molecule has 3 rings (SSSR count). The molecule has 0 spiro atoms. The third-order valence-corrected chi connectivity index (χ3v) is 5.24. The summed E-state index contributed by atoms with van der Waals surface area (Å²) in [5, 5.41) is 14.0. The fraction of sp³-hybridized carbons (Fsp3) is 0.455. The fourth-order valence-electron chi connectivity index (χ4n) is 3.59. The molecule has 0 bridgehead atoms. The van der Waals surface area contributed by atoms with Crippen LogP contribution in [0.25, 0.3) is 0 Å². The normalized spacial score (nSPS) is 15.3. The summed E-state index contributed by atoms with van der Waals surface area (Å²) in [4.78, 5) is 18.5. The van der Waals surface area contributed by atoms with E-state index in [0.29, 0.717) is 41.7 Å². The van der Waals surface area contributed by atoms with Gasteiger partial charge >= 0.3 is 5.97 Å². The Morgan fingerprint density at radius 1 is 1.29 bits per heavy atom. The Labute approximate surface area is 182 Å². The third kappa shape index (κ3) is 5.99. The summed E-state index contributed by atoms with van der Waals surface area (Å²) in [5.74, 6) is 0.745. The second kappa shape index (κ2) is 10.8. The first-order valence-electron chi connectivity index (χ1n) is 10.5. The van der Waals surface area contributed by atoms with Crippen molar-refractivity contribution >= 4 is 23.2 Å². The number of aliphatic hydroxyl groups is 1. The molecule has 0 radical (unpaired) electrons. The Hall–Kier alpha value is -3.04. The van der Waals surface area contributed by atoms with E-state index in [1.165, 1.54) is 6.20 Å². The van der Waals surface area contributed by atoms with Crippen LogP contribution in [0.15, 0.2) is 36.5 Å². The molecule has 9 nitrogen and oxygen atoms in total. The number of carbonyl (C=O) groups is 1. The number of anilines is 3. The molecule has 1 atom stereocenters. The molecular formula is C22H31N5O4. The van der Waals surface area contributed by atoms with Crippen LogP contribution >= 0.6 is 0 Å². The number of pyridine rings is 1. The topological polar surface area (TPSA) is 136 Å². The first-order valence-corrected chi connectivity index (χ1v) is 10.5. The van der Waals surface area contributed by atoms with Crippen molar-refractivity contribution in [1.29, 1.82) is 0 Å². The molecule has 0 amide bonds. The summed E-state index contributed by atoms with van der Waals surface area (Å²) in [6.07, 6.45) is 2.59. The molecule has 1 aliphatic rings. The van der Waals surface area contributed by atoms with Crippen LogP contribution in [-0.2, 0) is 4.74 Å². The van der Waals surface area contributed by atoms with Crippen molar-refractivity contribution in [2.75, 3.05) is 49.2 Å². The average Bonchev–Trinajstić information content (AvgIpc) is 2.79. The zero-order valence-corrected chi connectivity index (χ0v) is 17.8. The molecule has 0 aliphatic carbocycles. The van der Waals surface area contributed by atoms with E-state index < -0.39 is 12.1 Å². The van der Waals surface area contributed by atoms with Gasteiger partial charge in [-0.1, -0.05) is 6.07 Å². The molecular weight excluding hydrogens is 398 g/mol. The molecule has 1 aromatic carbocycles. The predicted octanol–water partition coefficient (Wildman–Crippen LogP) is 1.42. The molecule has 0 saturated carbocycles. The first kappa shape index (κ1) is 22.6. The van der Waals surface area contributed by atoms with Gasteiger partial charge in [-0.2, -0.15) is 0 Å². The lowest BCUT2D eigenvalue weighted by Crippen LogP contribution is -2.47. The molecule has 31 heavy (non-hydrogen) atoms. The summed E-state index contributed by atoms with van der Waals surface area (Å²) in [6, 6.07) is 8.88. The number of carbonyl (C=O) groups excluding carboxylic acids is 1. The largest absolute Gasteiger partial charge is 0.489 e. The molecule has 2 heterocycles. The molecule has 168 valence electrons. The number of rotatable bonds is 9. The van der Waals surface area contributed by atoms with Crippen LogP contribution in [0.2, 0.25) is 0 Å². The third-order valence-electron chi connectivity index (χ3n) is 5.24. The number of benzene rings is 1. The van der Waals surface area contributed by atoms with Crippen molar-refractivity contribution in [1.82, 2.24) is 10.3 Å². The lowest BCUT2D eigenvalue weighted by Gasteiger charge is -2.36. The summed E-state index contributed by atoms with van der Waals surface area (Å²) in [5.41, 5.74) is 13.0. The van der Waals surface area contributed by atoms with Gasteiger partial charge in [0.15, 0.2) is 0 Å². The highest BCUT2D eigenvalue weighted by atomic mass is 16.5. The summed E-state index contributed by atoms with van der Waals surface area (Å²) >= 11 is 0. The van der Waals surface area contributed by atoms with Crippen molar-refractivity contribution in [2.24, 2.45) is 0 Å². The highest BCUT2D eigenvalue weighted by molar-refractivity contribution is 5.89. The first-order chi connectivity index (χ1) is 15.0. The molecule has 1 saturated heterocycles. The van der Waals surface area contributed by atoms with Crippen LogP contribution in [0.3, 0.4) is 0 Å². The number of hydrogen-bond donors (Lipinski definition) is 4. The number of nitrogens with zero attached hydrogens (tertiary/aromatic N) is 2. The number of hydrogen-bond acceptors (Lipinski definition) is 9. The van der Waals surface area contributed by atoms with Crippen LogP contribution in [0.4, 0.5) is 17.2 Å². The number of aliphatic hydroxyl groups excluding tert-OH is 1. The lowest BCUT2D eigenvalue weighted by atomic mass is 10.0. The minimum Gasteiger partial charge on any atom is -0.489 e. The van der Waals surface area contributed by atoms with Crippen molar-refractivity contribution in [3.05, 3.63) is 42.1 Å². The maximum absolute atomic E-state index is 11.9. The summed E-state index contributed by atoms with van der Waals surface area (Å²) < 4.78 is 10.7. The van der Waals surface area contributed by atoms with E-state index in [1.807, 2.05) is 0 Å². The second-order valence-electron chi connectivity index (χ2n) is 7.48. The predicted molar refractivity (Wildman–Crippen MR) is 120 cm³/mol. The van der Waals surface area contributed by atoms with Gasteiger partial charge < -0.3 is 36.3 Å². The molecule has 1 aliphatic heterocycles. The van der Waals surface area contributed by atoms with Gasteiger partial charge in [0.2, 0.25) is 0 Å². The molecule has 2 aromatic rings. The van der Waals surface area contributed by atoms with Gasteiger partial charge in [-0.25, -0.2) is 9.78 Å². The van der Waals surface area contributed by atoms with E-state index in [-0.39, 0.29) is 12.6 Å². The van der Waals surface area contributed by atoms with E-state index in [1.54, 1.807) is 37.3 Å². The van der Waals surface area contributed by atoms with Crippen molar-refractivity contribution < 1.29 is 19.4 Å². The Balaban J connectivity index is 1.70. The average molecular weight is 430 g/mol. The van der Waals surface area contributed by atoms with Crippen LogP contribution in [0, 0.1) is 0 Å².